The number of fused-ring (bicyclic) bond motifs is 1. The molecule has 0 spiro atoms. The number of carbonyl (C=O) groups excluding carboxylic acids is 1. The zero-order chi connectivity index (χ0) is 20.2. The monoisotopic (exact) mass is 374 g/mol. The van der Waals surface area contributed by atoms with Crippen molar-refractivity contribution in [3.63, 3.8) is 0 Å². The van der Waals surface area contributed by atoms with Crippen LogP contribution in [-0.4, -0.2) is 37.6 Å². The molecule has 0 saturated carbocycles. The lowest BCUT2D eigenvalue weighted by atomic mass is 9.86. The van der Waals surface area contributed by atoms with Crippen LogP contribution in [0.25, 0.3) is 11.0 Å². The van der Waals surface area contributed by atoms with E-state index in [1.54, 1.807) is 12.4 Å². The maximum atomic E-state index is 12.6. The van der Waals surface area contributed by atoms with Crippen molar-refractivity contribution in [2.45, 2.75) is 66.5 Å². The zero-order valence-electron chi connectivity index (χ0n) is 16.8. The third-order valence-electron chi connectivity index (χ3n) is 4.85. The highest BCUT2D eigenvalue weighted by Crippen LogP contribution is 2.25. The summed E-state index contributed by atoms with van der Waals surface area (Å²) in [5.74, 6) is -0.0847. The van der Waals surface area contributed by atoms with Crippen molar-refractivity contribution < 1.29 is 14.7 Å². The molecule has 0 unspecified atom stereocenters. The molecule has 0 aliphatic carbocycles. The van der Waals surface area contributed by atoms with Gasteiger partial charge in [-0.3, -0.25) is 9.78 Å². The van der Waals surface area contributed by atoms with Gasteiger partial charge in [-0.2, -0.15) is 0 Å². The molecule has 0 aromatic carbocycles. The van der Waals surface area contributed by atoms with Crippen LogP contribution in [0, 0.1) is 18.3 Å². The van der Waals surface area contributed by atoms with Crippen LogP contribution in [0.15, 0.2) is 18.5 Å². The molecule has 2 rings (SSSR count). The van der Waals surface area contributed by atoms with Gasteiger partial charge in [0.15, 0.2) is 0 Å². The molecule has 2 heterocycles. The first kappa shape index (κ1) is 20.9. The van der Waals surface area contributed by atoms with E-state index in [1.165, 1.54) is 0 Å². The minimum Gasteiger partial charge on any atom is -0.480 e. The summed E-state index contributed by atoms with van der Waals surface area (Å²) in [6.07, 6.45) is 5.36. The van der Waals surface area contributed by atoms with Gasteiger partial charge in [0.2, 0.25) is 5.91 Å². The average Bonchev–Trinajstić information content (AvgIpc) is 2.89. The van der Waals surface area contributed by atoms with Crippen molar-refractivity contribution in [3.05, 3.63) is 24.3 Å². The van der Waals surface area contributed by atoms with Gasteiger partial charge in [0.1, 0.15) is 17.4 Å². The molecule has 1 amide bonds. The number of imidazole rings is 1. The van der Waals surface area contributed by atoms with Gasteiger partial charge < -0.3 is 15.0 Å². The molecule has 0 saturated heterocycles. The Kier molecular flexibility index (Phi) is 6.57. The van der Waals surface area contributed by atoms with E-state index in [1.807, 2.05) is 40.7 Å². The Balaban J connectivity index is 1.97. The largest absolute Gasteiger partial charge is 0.480 e. The van der Waals surface area contributed by atoms with Crippen molar-refractivity contribution in [1.82, 2.24) is 19.9 Å². The van der Waals surface area contributed by atoms with Gasteiger partial charge in [0.05, 0.1) is 11.7 Å². The van der Waals surface area contributed by atoms with Gasteiger partial charge >= 0.3 is 5.97 Å². The first-order chi connectivity index (χ1) is 12.6. The second-order valence-electron chi connectivity index (χ2n) is 8.16. The third kappa shape index (κ3) is 5.28. The highest BCUT2D eigenvalue weighted by atomic mass is 16.4. The van der Waals surface area contributed by atoms with E-state index in [2.05, 4.69) is 19.9 Å². The predicted octanol–water partition coefficient (Wildman–Crippen LogP) is 3.16. The van der Waals surface area contributed by atoms with Crippen LogP contribution in [0.3, 0.4) is 0 Å². The van der Waals surface area contributed by atoms with Crippen molar-refractivity contribution in [2.75, 3.05) is 0 Å². The Labute approximate surface area is 160 Å². The van der Waals surface area contributed by atoms with E-state index in [-0.39, 0.29) is 11.8 Å². The summed E-state index contributed by atoms with van der Waals surface area (Å²) < 4.78 is 2.13. The lowest BCUT2D eigenvalue weighted by Crippen LogP contribution is -2.47. The number of rotatable bonds is 9. The van der Waals surface area contributed by atoms with Crippen LogP contribution >= 0.6 is 0 Å². The summed E-state index contributed by atoms with van der Waals surface area (Å²) in [5.41, 5.74) is 1.26. The second-order valence-corrected chi connectivity index (χ2v) is 8.16. The summed E-state index contributed by atoms with van der Waals surface area (Å²) in [6.45, 7) is 10.3. The van der Waals surface area contributed by atoms with Crippen molar-refractivity contribution >= 4 is 22.9 Å². The molecule has 0 fully saturated rings. The van der Waals surface area contributed by atoms with Gasteiger partial charge in [0.25, 0.3) is 0 Å². The number of carboxylic acids is 1. The van der Waals surface area contributed by atoms with Gasteiger partial charge in [-0.1, -0.05) is 27.7 Å². The van der Waals surface area contributed by atoms with Crippen LogP contribution in [0.4, 0.5) is 0 Å². The average molecular weight is 374 g/mol. The van der Waals surface area contributed by atoms with E-state index in [9.17, 15) is 14.7 Å². The van der Waals surface area contributed by atoms with E-state index < -0.39 is 17.4 Å². The lowest BCUT2D eigenvalue weighted by Gasteiger charge is -2.26. The Morgan fingerprint density at radius 1 is 1.33 bits per heavy atom. The first-order valence-electron chi connectivity index (χ1n) is 9.42. The standard InChI is InChI=1S/C20H30N4O3/c1-13(2)11-15(18(25)26)23-19(27)20(4,5)8-6-10-24-14(3)22-16-12-21-9-7-17(16)24/h7,9,12-13,15H,6,8,10-11H2,1-5H3,(H,23,27)(H,25,26)/t15-/m0/s1. The number of nitrogens with zero attached hydrogens (tertiary/aromatic N) is 3. The summed E-state index contributed by atoms with van der Waals surface area (Å²) in [6, 6.07) is 1.10. The number of aliphatic carboxylic acids is 1. The summed E-state index contributed by atoms with van der Waals surface area (Å²) >= 11 is 0. The molecule has 0 aliphatic rings. The fourth-order valence-corrected chi connectivity index (χ4v) is 3.22. The van der Waals surface area contributed by atoms with Crippen molar-refractivity contribution in [3.8, 4) is 0 Å². The fraction of sp³-hybridized carbons (Fsp3) is 0.600. The SMILES string of the molecule is Cc1nc2cnccc2n1CCCC(C)(C)C(=O)N[C@@H](CC(C)C)C(=O)O. The first-order valence-corrected chi connectivity index (χ1v) is 9.42. The maximum absolute atomic E-state index is 12.6. The molecule has 0 radical (unpaired) electrons. The number of amides is 1. The molecule has 0 bridgehead atoms. The number of hydrogen-bond acceptors (Lipinski definition) is 4. The van der Waals surface area contributed by atoms with E-state index in [4.69, 9.17) is 0 Å². The van der Waals surface area contributed by atoms with Crippen LogP contribution < -0.4 is 5.32 Å². The number of pyridine rings is 1. The molecular weight excluding hydrogens is 344 g/mol. The Morgan fingerprint density at radius 2 is 2.04 bits per heavy atom. The number of carbonyl (C=O) groups is 2. The van der Waals surface area contributed by atoms with Crippen LogP contribution in [0.2, 0.25) is 0 Å². The Bertz CT molecular complexity index is 811. The molecule has 7 nitrogen and oxygen atoms in total. The van der Waals surface area contributed by atoms with E-state index in [0.29, 0.717) is 12.8 Å². The minimum atomic E-state index is -0.984. The minimum absolute atomic E-state index is 0.196. The quantitative estimate of drug-likeness (QED) is 0.703. The number of aromatic nitrogens is 3. The topological polar surface area (TPSA) is 97.1 Å². The fourth-order valence-electron chi connectivity index (χ4n) is 3.22. The normalized spacial score (nSPS) is 13.1. The predicted molar refractivity (Wildman–Crippen MR) is 104 cm³/mol. The zero-order valence-corrected chi connectivity index (χ0v) is 16.8. The van der Waals surface area contributed by atoms with E-state index in [0.717, 1.165) is 29.8 Å². The Hall–Kier alpha value is -2.44. The van der Waals surface area contributed by atoms with Crippen LogP contribution in [0.1, 0.15) is 52.8 Å². The number of nitrogens with one attached hydrogen (secondary N) is 1. The highest BCUT2D eigenvalue weighted by molar-refractivity contribution is 5.86. The van der Waals surface area contributed by atoms with Crippen LogP contribution in [-0.2, 0) is 16.1 Å². The van der Waals surface area contributed by atoms with Crippen LogP contribution in [0.5, 0.6) is 0 Å². The van der Waals surface area contributed by atoms with Crippen molar-refractivity contribution in [2.24, 2.45) is 11.3 Å². The molecule has 1 atom stereocenters. The second kappa shape index (κ2) is 8.50. The molecule has 148 valence electrons. The molecule has 27 heavy (non-hydrogen) atoms. The summed E-state index contributed by atoms with van der Waals surface area (Å²) in [7, 11) is 0. The summed E-state index contributed by atoms with van der Waals surface area (Å²) in [4.78, 5) is 32.6. The molecule has 2 aromatic heterocycles. The molecule has 2 aromatic rings. The van der Waals surface area contributed by atoms with E-state index >= 15 is 0 Å². The highest BCUT2D eigenvalue weighted by Gasteiger charge is 2.31. The molecule has 0 aliphatic heterocycles. The number of carboxylic acid groups (broad SMARTS) is 1. The number of aryl methyl sites for hydroxylation is 2. The van der Waals surface area contributed by atoms with Gasteiger partial charge in [0, 0.05) is 18.2 Å². The van der Waals surface area contributed by atoms with Gasteiger partial charge in [-0.25, -0.2) is 9.78 Å². The smallest absolute Gasteiger partial charge is 0.326 e. The van der Waals surface area contributed by atoms with Gasteiger partial charge in [-0.15, -0.1) is 0 Å². The van der Waals surface area contributed by atoms with Crippen molar-refractivity contribution in [1.29, 1.82) is 0 Å². The lowest BCUT2D eigenvalue weighted by molar-refractivity contribution is -0.144. The molecule has 2 N–H and O–H groups in total. The molecular formula is C20H30N4O3. The summed E-state index contributed by atoms with van der Waals surface area (Å²) in [5, 5.41) is 12.0. The van der Waals surface area contributed by atoms with Gasteiger partial charge in [-0.05, 0) is 38.2 Å². The number of hydrogen-bond donors (Lipinski definition) is 2. The third-order valence-corrected chi connectivity index (χ3v) is 4.85. The maximum Gasteiger partial charge on any atom is 0.326 e. The molecule has 7 heteroatoms. The Morgan fingerprint density at radius 3 is 2.67 bits per heavy atom.